The fourth-order valence-corrected chi connectivity index (χ4v) is 1.93. The number of benzene rings is 2. The van der Waals surface area contributed by atoms with E-state index in [1.54, 1.807) is 0 Å². The molecule has 0 aliphatic carbocycles. The molecular formula is C16H17NO2. The van der Waals surface area contributed by atoms with Crippen molar-refractivity contribution in [1.82, 2.24) is 5.32 Å². The highest BCUT2D eigenvalue weighted by atomic mass is 16.3. The molecule has 2 aromatic carbocycles. The SMILES string of the molecule is O=C(NCc1ccccc1)C(CO)c1ccccc1. The third-order valence-electron chi connectivity index (χ3n) is 3.01. The van der Waals surface area contributed by atoms with Crippen LogP contribution in [0.5, 0.6) is 0 Å². The van der Waals surface area contributed by atoms with Crippen molar-refractivity contribution in [1.29, 1.82) is 0 Å². The second kappa shape index (κ2) is 6.71. The molecule has 0 fully saturated rings. The van der Waals surface area contributed by atoms with Gasteiger partial charge in [-0.1, -0.05) is 60.7 Å². The van der Waals surface area contributed by atoms with Gasteiger partial charge in [-0.05, 0) is 11.1 Å². The first-order valence-electron chi connectivity index (χ1n) is 6.28. The van der Waals surface area contributed by atoms with Gasteiger partial charge in [0.1, 0.15) is 0 Å². The highest BCUT2D eigenvalue weighted by Crippen LogP contribution is 2.15. The van der Waals surface area contributed by atoms with Gasteiger partial charge in [0, 0.05) is 6.54 Å². The number of hydrogen-bond acceptors (Lipinski definition) is 2. The van der Waals surface area contributed by atoms with Crippen molar-refractivity contribution in [2.45, 2.75) is 12.5 Å². The molecule has 0 aliphatic rings. The molecule has 0 radical (unpaired) electrons. The van der Waals surface area contributed by atoms with Crippen molar-refractivity contribution < 1.29 is 9.90 Å². The first-order valence-corrected chi connectivity index (χ1v) is 6.28. The van der Waals surface area contributed by atoms with Crippen LogP contribution in [0.4, 0.5) is 0 Å². The van der Waals surface area contributed by atoms with E-state index < -0.39 is 5.92 Å². The van der Waals surface area contributed by atoms with E-state index in [4.69, 9.17) is 0 Å². The number of hydrogen-bond donors (Lipinski definition) is 2. The summed E-state index contributed by atoms with van der Waals surface area (Å²) in [5.41, 5.74) is 1.87. The lowest BCUT2D eigenvalue weighted by Gasteiger charge is -2.14. The van der Waals surface area contributed by atoms with Crippen molar-refractivity contribution in [3.05, 3.63) is 71.8 Å². The van der Waals surface area contributed by atoms with Crippen LogP contribution >= 0.6 is 0 Å². The van der Waals surface area contributed by atoms with Gasteiger partial charge in [0.2, 0.25) is 5.91 Å². The van der Waals surface area contributed by atoms with Gasteiger partial charge in [0.25, 0.3) is 0 Å². The van der Waals surface area contributed by atoms with Gasteiger partial charge < -0.3 is 10.4 Å². The van der Waals surface area contributed by atoms with Crippen molar-refractivity contribution in [2.75, 3.05) is 6.61 Å². The molecule has 2 aromatic rings. The average molecular weight is 255 g/mol. The minimum atomic E-state index is -0.509. The molecule has 2 rings (SSSR count). The lowest BCUT2D eigenvalue weighted by Crippen LogP contribution is -2.30. The van der Waals surface area contributed by atoms with Gasteiger partial charge >= 0.3 is 0 Å². The number of rotatable bonds is 5. The number of aliphatic hydroxyl groups is 1. The molecule has 1 atom stereocenters. The maximum Gasteiger partial charge on any atom is 0.230 e. The summed E-state index contributed by atoms with van der Waals surface area (Å²) < 4.78 is 0. The lowest BCUT2D eigenvalue weighted by molar-refractivity contribution is -0.123. The van der Waals surface area contributed by atoms with Gasteiger partial charge in [0.05, 0.1) is 12.5 Å². The zero-order chi connectivity index (χ0) is 13.5. The predicted molar refractivity (Wildman–Crippen MR) is 74.6 cm³/mol. The molecule has 1 amide bonds. The van der Waals surface area contributed by atoms with E-state index in [2.05, 4.69) is 5.32 Å². The molecule has 1 unspecified atom stereocenters. The summed E-state index contributed by atoms with van der Waals surface area (Å²) in [7, 11) is 0. The number of aliphatic hydroxyl groups excluding tert-OH is 1. The van der Waals surface area contributed by atoms with E-state index in [9.17, 15) is 9.90 Å². The van der Waals surface area contributed by atoms with Gasteiger partial charge in [-0.15, -0.1) is 0 Å². The van der Waals surface area contributed by atoms with Crippen LogP contribution in [0.1, 0.15) is 17.0 Å². The van der Waals surface area contributed by atoms with E-state index >= 15 is 0 Å². The number of nitrogens with one attached hydrogen (secondary N) is 1. The minimum absolute atomic E-state index is 0.155. The van der Waals surface area contributed by atoms with Crippen molar-refractivity contribution in [3.63, 3.8) is 0 Å². The van der Waals surface area contributed by atoms with Crippen LogP contribution in [-0.4, -0.2) is 17.6 Å². The van der Waals surface area contributed by atoms with Gasteiger partial charge in [-0.25, -0.2) is 0 Å². The first kappa shape index (κ1) is 13.3. The van der Waals surface area contributed by atoms with Crippen LogP contribution in [-0.2, 0) is 11.3 Å². The highest BCUT2D eigenvalue weighted by molar-refractivity contribution is 5.83. The summed E-state index contributed by atoms with van der Waals surface area (Å²) in [6, 6.07) is 19.0. The maximum absolute atomic E-state index is 12.1. The Morgan fingerprint density at radius 2 is 1.58 bits per heavy atom. The zero-order valence-corrected chi connectivity index (χ0v) is 10.6. The summed E-state index contributed by atoms with van der Waals surface area (Å²) in [5.74, 6) is -0.664. The Kier molecular flexibility index (Phi) is 4.70. The highest BCUT2D eigenvalue weighted by Gasteiger charge is 2.18. The molecular weight excluding hydrogens is 238 g/mol. The van der Waals surface area contributed by atoms with Crippen LogP contribution in [0.15, 0.2) is 60.7 Å². The summed E-state index contributed by atoms with van der Waals surface area (Å²) in [5, 5.41) is 12.2. The van der Waals surface area contributed by atoms with Crippen molar-refractivity contribution in [2.24, 2.45) is 0 Å². The molecule has 0 saturated heterocycles. The molecule has 19 heavy (non-hydrogen) atoms. The van der Waals surface area contributed by atoms with Crippen LogP contribution in [0.2, 0.25) is 0 Å². The number of carbonyl (C=O) groups excluding carboxylic acids is 1. The van der Waals surface area contributed by atoms with E-state index in [-0.39, 0.29) is 12.5 Å². The fourth-order valence-electron chi connectivity index (χ4n) is 1.93. The first-order chi connectivity index (χ1) is 9.31. The molecule has 0 spiro atoms. The molecule has 2 N–H and O–H groups in total. The number of carbonyl (C=O) groups is 1. The molecule has 0 saturated carbocycles. The largest absolute Gasteiger partial charge is 0.395 e. The molecule has 0 heterocycles. The van der Waals surface area contributed by atoms with Crippen LogP contribution < -0.4 is 5.32 Å². The Morgan fingerprint density at radius 1 is 1.00 bits per heavy atom. The quantitative estimate of drug-likeness (QED) is 0.859. The van der Waals surface area contributed by atoms with Gasteiger partial charge in [-0.3, -0.25) is 4.79 Å². The Balaban J connectivity index is 1.98. The molecule has 0 bridgehead atoms. The zero-order valence-electron chi connectivity index (χ0n) is 10.6. The third kappa shape index (κ3) is 3.66. The number of amides is 1. The third-order valence-corrected chi connectivity index (χ3v) is 3.01. The standard InChI is InChI=1S/C16H17NO2/c18-12-15(14-9-5-2-6-10-14)16(19)17-11-13-7-3-1-4-8-13/h1-10,15,18H,11-12H2,(H,17,19). The van der Waals surface area contributed by atoms with E-state index in [0.29, 0.717) is 6.54 Å². The van der Waals surface area contributed by atoms with Gasteiger partial charge in [0.15, 0.2) is 0 Å². The lowest BCUT2D eigenvalue weighted by atomic mass is 9.99. The molecule has 3 nitrogen and oxygen atoms in total. The van der Waals surface area contributed by atoms with Crippen LogP contribution in [0.3, 0.4) is 0 Å². The summed E-state index contributed by atoms with van der Waals surface area (Å²) in [6.07, 6.45) is 0. The average Bonchev–Trinajstić information content (AvgIpc) is 2.48. The maximum atomic E-state index is 12.1. The fraction of sp³-hybridized carbons (Fsp3) is 0.188. The summed E-state index contributed by atoms with van der Waals surface area (Å²) in [4.78, 5) is 12.1. The Morgan fingerprint density at radius 3 is 2.16 bits per heavy atom. The molecule has 3 heteroatoms. The Bertz CT molecular complexity index is 511. The van der Waals surface area contributed by atoms with E-state index in [0.717, 1.165) is 11.1 Å². The minimum Gasteiger partial charge on any atom is -0.395 e. The second-order valence-electron chi connectivity index (χ2n) is 4.35. The predicted octanol–water partition coefficient (Wildman–Crippen LogP) is 2.08. The molecule has 0 aliphatic heterocycles. The molecule has 0 aromatic heterocycles. The van der Waals surface area contributed by atoms with E-state index in [1.807, 2.05) is 60.7 Å². The smallest absolute Gasteiger partial charge is 0.230 e. The Labute approximate surface area is 112 Å². The van der Waals surface area contributed by atoms with Crippen LogP contribution in [0, 0.1) is 0 Å². The van der Waals surface area contributed by atoms with Crippen LogP contribution in [0.25, 0.3) is 0 Å². The second-order valence-corrected chi connectivity index (χ2v) is 4.35. The monoisotopic (exact) mass is 255 g/mol. The van der Waals surface area contributed by atoms with Gasteiger partial charge in [-0.2, -0.15) is 0 Å². The Hall–Kier alpha value is -2.13. The van der Waals surface area contributed by atoms with E-state index in [1.165, 1.54) is 0 Å². The summed E-state index contributed by atoms with van der Waals surface area (Å²) in [6.45, 7) is 0.285. The molecule has 98 valence electrons. The normalized spacial score (nSPS) is 11.8. The summed E-state index contributed by atoms with van der Waals surface area (Å²) >= 11 is 0. The topological polar surface area (TPSA) is 49.3 Å². The van der Waals surface area contributed by atoms with Crippen molar-refractivity contribution in [3.8, 4) is 0 Å². The van der Waals surface area contributed by atoms with Crippen molar-refractivity contribution >= 4 is 5.91 Å².